The first-order valence-electron chi connectivity index (χ1n) is 6.79. The molecule has 1 fully saturated rings. The first kappa shape index (κ1) is 14.6. The lowest BCUT2D eigenvalue weighted by Crippen LogP contribution is -2.34. The van der Waals surface area contributed by atoms with Crippen LogP contribution < -0.4 is 5.32 Å². The van der Waals surface area contributed by atoms with Gasteiger partial charge in [-0.15, -0.1) is 0 Å². The summed E-state index contributed by atoms with van der Waals surface area (Å²) in [5, 5.41) is 11.9. The van der Waals surface area contributed by atoms with E-state index in [1.54, 1.807) is 13.2 Å². The lowest BCUT2D eigenvalue weighted by atomic mass is 10.1. The number of aliphatic carboxylic acids is 1. The van der Waals surface area contributed by atoms with Crippen LogP contribution in [0.4, 0.5) is 0 Å². The van der Waals surface area contributed by atoms with E-state index in [-0.39, 0.29) is 17.9 Å². The molecular formula is C14H20N2O4. The van der Waals surface area contributed by atoms with Crippen molar-refractivity contribution in [2.75, 3.05) is 13.7 Å². The Morgan fingerprint density at radius 2 is 2.30 bits per heavy atom. The molecule has 1 amide bonds. The van der Waals surface area contributed by atoms with Gasteiger partial charge in [-0.3, -0.25) is 9.59 Å². The molecule has 0 saturated heterocycles. The van der Waals surface area contributed by atoms with E-state index in [1.807, 2.05) is 16.8 Å². The average Bonchev–Trinajstić information content (AvgIpc) is 3.04. The normalized spacial score (nSPS) is 21.9. The quantitative estimate of drug-likeness (QED) is 0.818. The van der Waals surface area contributed by atoms with Gasteiger partial charge in [0.1, 0.15) is 5.69 Å². The van der Waals surface area contributed by atoms with Crippen LogP contribution in [0.2, 0.25) is 0 Å². The third-order valence-corrected chi connectivity index (χ3v) is 3.72. The number of aromatic nitrogens is 1. The Hall–Kier alpha value is -1.82. The monoisotopic (exact) mass is 280 g/mol. The van der Waals surface area contributed by atoms with E-state index in [0.717, 1.165) is 6.42 Å². The molecule has 2 N–H and O–H groups in total. The van der Waals surface area contributed by atoms with Gasteiger partial charge in [0.05, 0.1) is 12.5 Å². The topological polar surface area (TPSA) is 80.6 Å². The van der Waals surface area contributed by atoms with E-state index in [4.69, 9.17) is 9.84 Å². The van der Waals surface area contributed by atoms with Gasteiger partial charge in [0.2, 0.25) is 0 Å². The Bertz CT molecular complexity index is 483. The minimum atomic E-state index is -0.773. The summed E-state index contributed by atoms with van der Waals surface area (Å²) in [5.41, 5.74) is 0.584. The standard InChI is InChI=1S/C14H20N2O4/c1-20-8-7-16-6-2-3-12(16)13(17)15-11-5-4-10(9-11)14(18)19/h2-3,6,10-11H,4-5,7-9H2,1H3,(H,15,17)(H,18,19)/t10-,11+/m1/s1. The number of nitrogens with zero attached hydrogens (tertiary/aromatic N) is 1. The van der Waals surface area contributed by atoms with Crippen LogP contribution in [-0.4, -0.2) is 41.3 Å². The van der Waals surface area contributed by atoms with Crippen LogP contribution >= 0.6 is 0 Å². The molecule has 2 rings (SSSR count). The molecule has 110 valence electrons. The second-order valence-corrected chi connectivity index (χ2v) is 5.10. The predicted molar refractivity (Wildman–Crippen MR) is 72.5 cm³/mol. The third kappa shape index (κ3) is 3.39. The highest BCUT2D eigenvalue weighted by atomic mass is 16.5. The van der Waals surface area contributed by atoms with Crippen molar-refractivity contribution in [3.8, 4) is 0 Å². The van der Waals surface area contributed by atoms with Crippen LogP contribution in [0.3, 0.4) is 0 Å². The number of carbonyl (C=O) groups excluding carboxylic acids is 1. The summed E-state index contributed by atoms with van der Waals surface area (Å²) in [6, 6.07) is 3.53. The Kier molecular flexibility index (Phi) is 4.79. The van der Waals surface area contributed by atoms with E-state index < -0.39 is 5.97 Å². The fraction of sp³-hybridized carbons (Fsp3) is 0.571. The van der Waals surface area contributed by atoms with Crippen molar-refractivity contribution in [3.63, 3.8) is 0 Å². The van der Waals surface area contributed by atoms with Gasteiger partial charge < -0.3 is 19.7 Å². The zero-order valence-corrected chi connectivity index (χ0v) is 11.5. The van der Waals surface area contributed by atoms with Crippen molar-refractivity contribution < 1.29 is 19.4 Å². The van der Waals surface area contributed by atoms with Crippen molar-refractivity contribution in [2.24, 2.45) is 5.92 Å². The van der Waals surface area contributed by atoms with E-state index in [9.17, 15) is 9.59 Å². The summed E-state index contributed by atoms with van der Waals surface area (Å²) >= 11 is 0. The molecule has 0 aliphatic heterocycles. The fourth-order valence-electron chi connectivity index (χ4n) is 2.60. The summed E-state index contributed by atoms with van der Waals surface area (Å²) < 4.78 is 6.84. The molecule has 1 aliphatic rings. The molecule has 1 aromatic rings. The SMILES string of the molecule is COCCn1cccc1C(=O)N[C@H]1CC[C@@H](C(=O)O)C1. The van der Waals surface area contributed by atoms with Gasteiger partial charge in [-0.05, 0) is 31.4 Å². The maximum absolute atomic E-state index is 12.2. The lowest BCUT2D eigenvalue weighted by Gasteiger charge is -2.14. The molecule has 20 heavy (non-hydrogen) atoms. The van der Waals surface area contributed by atoms with Gasteiger partial charge in [0.25, 0.3) is 5.91 Å². The first-order chi connectivity index (χ1) is 9.61. The number of carbonyl (C=O) groups is 2. The van der Waals surface area contributed by atoms with Crippen molar-refractivity contribution in [3.05, 3.63) is 24.0 Å². The highest BCUT2D eigenvalue weighted by Crippen LogP contribution is 2.25. The number of hydrogen-bond donors (Lipinski definition) is 2. The molecule has 6 nitrogen and oxygen atoms in total. The van der Waals surface area contributed by atoms with Gasteiger partial charge in [0, 0.05) is 25.9 Å². The third-order valence-electron chi connectivity index (χ3n) is 3.72. The predicted octanol–water partition coefficient (Wildman–Crippen LogP) is 1.12. The Morgan fingerprint density at radius 3 is 2.95 bits per heavy atom. The van der Waals surface area contributed by atoms with Crippen LogP contribution in [0.15, 0.2) is 18.3 Å². The molecule has 6 heteroatoms. The van der Waals surface area contributed by atoms with Crippen molar-refractivity contribution in [1.82, 2.24) is 9.88 Å². The van der Waals surface area contributed by atoms with E-state index in [2.05, 4.69) is 5.32 Å². The van der Waals surface area contributed by atoms with Crippen LogP contribution in [0.1, 0.15) is 29.8 Å². The van der Waals surface area contributed by atoms with Crippen LogP contribution in [0, 0.1) is 5.92 Å². The molecular weight excluding hydrogens is 260 g/mol. The molecule has 0 radical (unpaired) electrons. The summed E-state index contributed by atoms with van der Waals surface area (Å²) in [6.45, 7) is 1.16. The Labute approximate surface area is 117 Å². The van der Waals surface area contributed by atoms with Crippen molar-refractivity contribution in [1.29, 1.82) is 0 Å². The van der Waals surface area contributed by atoms with Gasteiger partial charge in [0.15, 0.2) is 0 Å². The van der Waals surface area contributed by atoms with Gasteiger partial charge in [-0.25, -0.2) is 0 Å². The van der Waals surface area contributed by atoms with Gasteiger partial charge in [-0.1, -0.05) is 0 Å². The van der Waals surface area contributed by atoms with E-state index >= 15 is 0 Å². The molecule has 1 aliphatic carbocycles. The molecule has 0 spiro atoms. The Balaban J connectivity index is 1.92. The number of carboxylic acid groups (broad SMARTS) is 1. The average molecular weight is 280 g/mol. The largest absolute Gasteiger partial charge is 0.481 e. The van der Waals surface area contributed by atoms with Crippen LogP contribution in [0.5, 0.6) is 0 Å². The maximum Gasteiger partial charge on any atom is 0.306 e. The van der Waals surface area contributed by atoms with E-state index in [1.165, 1.54) is 0 Å². The summed E-state index contributed by atoms with van der Waals surface area (Å²) in [7, 11) is 1.62. The number of rotatable bonds is 6. The van der Waals surface area contributed by atoms with Crippen molar-refractivity contribution >= 4 is 11.9 Å². The molecule has 1 aromatic heterocycles. The van der Waals surface area contributed by atoms with Crippen LogP contribution in [-0.2, 0) is 16.1 Å². The molecule has 0 aromatic carbocycles. The smallest absolute Gasteiger partial charge is 0.306 e. The van der Waals surface area contributed by atoms with Crippen molar-refractivity contribution in [2.45, 2.75) is 31.8 Å². The maximum atomic E-state index is 12.2. The second-order valence-electron chi connectivity index (χ2n) is 5.10. The summed E-state index contributed by atoms with van der Waals surface area (Å²) in [4.78, 5) is 23.1. The van der Waals surface area contributed by atoms with Crippen LogP contribution in [0.25, 0.3) is 0 Å². The molecule has 0 unspecified atom stereocenters. The first-order valence-corrected chi connectivity index (χ1v) is 6.79. The van der Waals surface area contributed by atoms with E-state index in [0.29, 0.717) is 31.7 Å². The number of ether oxygens (including phenoxy) is 1. The van der Waals surface area contributed by atoms with Gasteiger partial charge >= 0.3 is 5.97 Å². The number of methoxy groups -OCH3 is 1. The second kappa shape index (κ2) is 6.56. The highest BCUT2D eigenvalue weighted by Gasteiger charge is 2.30. The molecule has 0 bridgehead atoms. The zero-order valence-electron chi connectivity index (χ0n) is 11.5. The number of nitrogens with one attached hydrogen (secondary N) is 1. The minimum absolute atomic E-state index is 0.0469. The Morgan fingerprint density at radius 1 is 1.50 bits per heavy atom. The van der Waals surface area contributed by atoms with Gasteiger partial charge in [-0.2, -0.15) is 0 Å². The molecule has 2 atom stereocenters. The number of hydrogen-bond acceptors (Lipinski definition) is 3. The molecule has 1 heterocycles. The lowest BCUT2D eigenvalue weighted by molar-refractivity contribution is -0.141. The highest BCUT2D eigenvalue weighted by molar-refractivity contribution is 5.93. The number of amides is 1. The molecule has 1 saturated carbocycles. The fourth-order valence-corrected chi connectivity index (χ4v) is 2.60. The minimum Gasteiger partial charge on any atom is -0.481 e. The number of carboxylic acids is 1. The zero-order chi connectivity index (χ0) is 14.5. The summed E-state index contributed by atoms with van der Waals surface area (Å²) in [5.74, 6) is -1.26. The summed E-state index contributed by atoms with van der Waals surface area (Å²) in [6.07, 6.45) is 3.70.